The van der Waals surface area contributed by atoms with Gasteiger partial charge in [-0.15, -0.1) is 0 Å². The number of rotatable bonds is 5. The third kappa shape index (κ3) is 3.32. The second kappa shape index (κ2) is 7.29. The van der Waals surface area contributed by atoms with E-state index in [4.69, 9.17) is 22.0 Å². The van der Waals surface area contributed by atoms with Crippen LogP contribution in [0.2, 0.25) is 5.02 Å². The Morgan fingerprint density at radius 1 is 1.58 bits per heavy atom. The van der Waals surface area contributed by atoms with Gasteiger partial charge in [-0.05, 0) is 6.07 Å². The monoisotopic (exact) mass is 353 g/mol. The summed E-state index contributed by atoms with van der Waals surface area (Å²) in [4.78, 5) is 25.5. The molecule has 0 fully saturated rings. The van der Waals surface area contributed by atoms with Crippen molar-refractivity contribution in [3.05, 3.63) is 39.8 Å². The first-order chi connectivity index (χ1) is 11.4. The number of methoxy groups -OCH3 is 1. The highest BCUT2D eigenvalue weighted by molar-refractivity contribution is 6.31. The quantitative estimate of drug-likeness (QED) is 0.766. The van der Waals surface area contributed by atoms with Gasteiger partial charge in [0.15, 0.2) is 0 Å². The van der Waals surface area contributed by atoms with Gasteiger partial charge in [-0.25, -0.2) is 9.18 Å². The Balaban J connectivity index is 2.45. The SMILES string of the molecule is COC(=O)C1=C(Nc2cc(F)c(Cl)cc2C#N)C(=O)N(CCO)C1. The van der Waals surface area contributed by atoms with Crippen LogP contribution >= 0.6 is 11.6 Å². The number of aliphatic hydroxyl groups is 1. The lowest BCUT2D eigenvalue weighted by Crippen LogP contribution is -2.31. The highest BCUT2D eigenvalue weighted by Crippen LogP contribution is 2.28. The number of hydrogen-bond acceptors (Lipinski definition) is 6. The van der Waals surface area contributed by atoms with Crippen LogP contribution in [0.25, 0.3) is 0 Å². The molecule has 24 heavy (non-hydrogen) atoms. The number of anilines is 1. The summed E-state index contributed by atoms with van der Waals surface area (Å²) in [7, 11) is 1.16. The number of amides is 1. The van der Waals surface area contributed by atoms with Crippen LogP contribution in [-0.4, -0.2) is 48.7 Å². The number of aliphatic hydroxyl groups excluding tert-OH is 1. The summed E-state index contributed by atoms with van der Waals surface area (Å²) in [6, 6.07) is 3.91. The molecule has 126 valence electrons. The van der Waals surface area contributed by atoms with Crippen molar-refractivity contribution < 1.29 is 23.8 Å². The third-order valence-electron chi connectivity index (χ3n) is 3.39. The van der Waals surface area contributed by atoms with Crippen LogP contribution in [-0.2, 0) is 14.3 Å². The van der Waals surface area contributed by atoms with Crippen LogP contribution < -0.4 is 5.32 Å². The Morgan fingerprint density at radius 3 is 2.88 bits per heavy atom. The van der Waals surface area contributed by atoms with E-state index >= 15 is 0 Å². The zero-order valence-electron chi connectivity index (χ0n) is 12.6. The van der Waals surface area contributed by atoms with Crippen LogP contribution in [0, 0.1) is 17.1 Å². The molecule has 0 saturated heterocycles. The number of halogens is 2. The van der Waals surface area contributed by atoms with Crippen LogP contribution in [0.3, 0.4) is 0 Å². The lowest BCUT2D eigenvalue weighted by Gasteiger charge is -2.15. The van der Waals surface area contributed by atoms with Gasteiger partial charge in [0.25, 0.3) is 5.91 Å². The summed E-state index contributed by atoms with van der Waals surface area (Å²) in [6.07, 6.45) is 0. The maximum absolute atomic E-state index is 13.7. The second-order valence-electron chi connectivity index (χ2n) is 4.84. The number of β-amino-alcohol motifs (C(OH)–C–C–N with tert-alkyl or cyclic N) is 1. The van der Waals surface area contributed by atoms with E-state index < -0.39 is 17.7 Å². The summed E-state index contributed by atoms with van der Waals surface area (Å²) in [5, 5.41) is 20.5. The van der Waals surface area contributed by atoms with Crippen LogP contribution in [0.4, 0.5) is 10.1 Å². The summed E-state index contributed by atoms with van der Waals surface area (Å²) >= 11 is 5.63. The standard InChI is InChI=1S/C15H13ClFN3O4/c1-24-15(23)9-7-20(2-3-21)14(22)13(9)19-12-5-11(17)10(16)4-8(12)6-18/h4-5,19,21H,2-3,7H2,1H3. The predicted molar refractivity (Wildman–Crippen MR) is 82.5 cm³/mol. The minimum atomic E-state index is -0.781. The van der Waals surface area contributed by atoms with E-state index in [-0.39, 0.29) is 47.2 Å². The maximum atomic E-state index is 13.7. The Hall–Kier alpha value is -2.63. The molecule has 7 nitrogen and oxygen atoms in total. The average molecular weight is 354 g/mol. The first-order valence-corrected chi connectivity index (χ1v) is 7.18. The van der Waals surface area contributed by atoms with Crippen molar-refractivity contribution in [3.63, 3.8) is 0 Å². The Bertz CT molecular complexity index is 773. The highest BCUT2D eigenvalue weighted by atomic mass is 35.5. The smallest absolute Gasteiger partial charge is 0.337 e. The second-order valence-corrected chi connectivity index (χ2v) is 5.25. The van der Waals surface area contributed by atoms with Gasteiger partial charge in [-0.1, -0.05) is 11.6 Å². The molecule has 0 atom stereocenters. The van der Waals surface area contributed by atoms with Crippen LogP contribution in [0.1, 0.15) is 5.56 Å². The molecule has 0 saturated carbocycles. The van der Waals surface area contributed by atoms with Gasteiger partial charge >= 0.3 is 5.97 Å². The van der Waals surface area contributed by atoms with Gasteiger partial charge in [0.2, 0.25) is 0 Å². The van der Waals surface area contributed by atoms with Crippen molar-refractivity contribution >= 4 is 29.2 Å². The molecule has 0 spiro atoms. The minimum absolute atomic E-state index is 0.00463. The van der Waals surface area contributed by atoms with Crippen LogP contribution in [0.5, 0.6) is 0 Å². The van der Waals surface area contributed by atoms with Gasteiger partial charge in [0.1, 0.15) is 17.6 Å². The van der Waals surface area contributed by atoms with E-state index in [1.165, 1.54) is 4.90 Å². The molecule has 0 aliphatic carbocycles. The molecule has 9 heteroatoms. The van der Waals surface area contributed by atoms with Crippen molar-refractivity contribution in [2.24, 2.45) is 0 Å². The van der Waals surface area contributed by atoms with Crippen molar-refractivity contribution in [1.82, 2.24) is 4.90 Å². The van der Waals surface area contributed by atoms with Gasteiger partial charge in [0.05, 0.1) is 42.1 Å². The lowest BCUT2D eigenvalue weighted by atomic mass is 10.1. The first-order valence-electron chi connectivity index (χ1n) is 6.80. The van der Waals surface area contributed by atoms with Gasteiger partial charge in [-0.3, -0.25) is 4.79 Å². The Labute approximate surface area is 141 Å². The van der Waals surface area contributed by atoms with Crippen molar-refractivity contribution in [3.8, 4) is 6.07 Å². The Morgan fingerprint density at radius 2 is 2.29 bits per heavy atom. The zero-order chi connectivity index (χ0) is 17.9. The van der Waals surface area contributed by atoms with Gasteiger partial charge in [-0.2, -0.15) is 5.26 Å². The van der Waals surface area contributed by atoms with E-state index in [0.29, 0.717) is 0 Å². The summed E-state index contributed by atoms with van der Waals surface area (Å²) in [5.41, 5.74) is -0.106. The van der Waals surface area contributed by atoms with Gasteiger partial charge in [0, 0.05) is 12.6 Å². The first kappa shape index (κ1) is 17.7. The summed E-state index contributed by atoms with van der Waals surface area (Å²) in [5.74, 6) is -2.08. The van der Waals surface area contributed by atoms with E-state index in [9.17, 15) is 14.0 Å². The zero-order valence-corrected chi connectivity index (χ0v) is 13.4. The van der Waals surface area contributed by atoms with Crippen molar-refractivity contribution in [2.45, 2.75) is 0 Å². The molecule has 1 aromatic carbocycles. The molecule has 2 N–H and O–H groups in total. The molecular formula is C15H13ClFN3O4. The normalized spacial score (nSPS) is 14.0. The fourth-order valence-electron chi connectivity index (χ4n) is 2.23. The molecule has 1 heterocycles. The molecule has 0 unspecified atom stereocenters. The average Bonchev–Trinajstić information content (AvgIpc) is 2.87. The number of benzene rings is 1. The minimum Gasteiger partial charge on any atom is -0.466 e. The Kier molecular flexibility index (Phi) is 5.39. The highest BCUT2D eigenvalue weighted by Gasteiger charge is 2.34. The van der Waals surface area contributed by atoms with Crippen LogP contribution in [0.15, 0.2) is 23.4 Å². The fourth-order valence-corrected chi connectivity index (χ4v) is 2.39. The molecule has 1 aliphatic rings. The molecule has 2 rings (SSSR count). The molecule has 1 aromatic rings. The van der Waals surface area contributed by atoms with E-state index in [0.717, 1.165) is 19.2 Å². The largest absolute Gasteiger partial charge is 0.466 e. The number of nitrogens with one attached hydrogen (secondary N) is 1. The lowest BCUT2D eigenvalue weighted by molar-refractivity contribution is -0.136. The fraction of sp³-hybridized carbons (Fsp3) is 0.267. The van der Waals surface area contributed by atoms with E-state index in [1.807, 2.05) is 6.07 Å². The maximum Gasteiger partial charge on any atom is 0.337 e. The number of esters is 1. The number of ether oxygens (including phenoxy) is 1. The number of nitriles is 1. The number of nitrogens with zero attached hydrogens (tertiary/aromatic N) is 2. The molecule has 0 aromatic heterocycles. The molecule has 0 radical (unpaired) electrons. The molecule has 1 aliphatic heterocycles. The predicted octanol–water partition coefficient (Wildman–Crippen LogP) is 1.02. The van der Waals surface area contributed by atoms with Crippen molar-refractivity contribution in [1.29, 1.82) is 5.26 Å². The number of carbonyl (C=O) groups excluding carboxylic acids is 2. The molecule has 0 bridgehead atoms. The van der Waals surface area contributed by atoms with Gasteiger partial charge < -0.3 is 20.1 Å². The number of carbonyl (C=O) groups is 2. The van der Waals surface area contributed by atoms with E-state index in [2.05, 4.69) is 10.1 Å². The summed E-state index contributed by atoms with van der Waals surface area (Å²) in [6.45, 7) is -0.330. The topological polar surface area (TPSA) is 103 Å². The van der Waals surface area contributed by atoms with E-state index in [1.54, 1.807) is 0 Å². The number of hydrogen-bond donors (Lipinski definition) is 2. The van der Waals surface area contributed by atoms with Crippen molar-refractivity contribution in [2.75, 3.05) is 32.1 Å². The molecule has 1 amide bonds. The summed E-state index contributed by atoms with van der Waals surface area (Å²) < 4.78 is 18.3. The third-order valence-corrected chi connectivity index (χ3v) is 3.68. The molecular weight excluding hydrogens is 341 g/mol.